The Morgan fingerprint density at radius 2 is 2.22 bits per heavy atom. The number of aryl methyl sites for hydroxylation is 1. The van der Waals surface area contributed by atoms with Gasteiger partial charge in [-0.25, -0.2) is 0 Å². The van der Waals surface area contributed by atoms with Crippen LogP contribution in [0.4, 0.5) is 0 Å². The first kappa shape index (κ1) is 13.1. The lowest BCUT2D eigenvalue weighted by Crippen LogP contribution is -2.26. The van der Waals surface area contributed by atoms with Crippen molar-refractivity contribution in [3.05, 3.63) is 11.7 Å². The normalized spacial score (nSPS) is 16.1. The maximum absolute atomic E-state index is 11.6. The Kier molecular flexibility index (Phi) is 4.73. The number of carbonyl (C=O) groups is 1. The number of nitrogens with zero attached hydrogens (tertiary/aromatic N) is 2. The van der Waals surface area contributed by atoms with Gasteiger partial charge in [0.1, 0.15) is 0 Å². The first-order chi connectivity index (χ1) is 8.74. The summed E-state index contributed by atoms with van der Waals surface area (Å²) < 4.78 is 4.86. The van der Waals surface area contributed by atoms with Crippen LogP contribution in [0.2, 0.25) is 0 Å². The van der Waals surface area contributed by atoms with Gasteiger partial charge in [-0.15, -0.1) is 0 Å². The van der Waals surface area contributed by atoms with Crippen LogP contribution in [-0.2, 0) is 11.2 Å². The molecule has 0 radical (unpaired) electrons. The first-order valence-corrected chi connectivity index (χ1v) is 6.80. The van der Waals surface area contributed by atoms with Crippen molar-refractivity contribution >= 4 is 5.91 Å². The van der Waals surface area contributed by atoms with E-state index in [1.807, 2.05) is 0 Å². The number of amides is 1. The van der Waals surface area contributed by atoms with Crippen molar-refractivity contribution in [3.8, 4) is 0 Å². The monoisotopic (exact) mass is 251 g/mol. The van der Waals surface area contributed by atoms with Gasteiger partial charge in [-0.3, -0.25) is 4.79 Å². The van der Waals surface area contributed by atoms with Crippen LogP contribution in [0.1, 0.15) is 50.2 Å². The van der Waals surface area contributed by atoms with Gasteiger partial charge in [-0.05, 0) is 12.3 Å². The molecule has 5 nitrogen and oxygen atoms in total. The molecule has 18 heavy (non-hydrogen) atoms. The van der Waals surface area contributed by atoms with Crippen LogP contribution in [-0.4, -0.2) is 22.6 Å². The summed E-state index contributed by atoms with van der Waals surface area (Å²) >= 11 is 0. The summed E-state index contributed by atoms with van der Waals surface area (Å²) in [6.07, 6.45) is 7.59. The molecular weight excluding hydrogens is 230 g/mol. The molecule has 1 N–H and O–H groups in total. The number of hydrogen-bond acceptors (Lipinski definition) is 4. The topological polar surface area (TPSA) is 68.0 Å². The molecule has 5 heteroatoms. The summed E-state index contributed by atoms with van der Waals surface area (Å²) in [4.78, 5) is 15.7. The van der Waals surface area contributed by atoms with Crippen molar-refractivity contribution in [3.63, 3.8) is 0 Å². The van der Waals surface area contributed by atoms with Crippen LogP contribution in [0.3, 0.4) is 0 Å². The molecule has 1 aliphatic rings. The minimum Gasteiger partial charge on any atom is -0.356 e. The Morgan fingerprint density at radius 1 is 1.44 bits per heavy atom. The van der Waals surface area contributed by atoms with Gasteiger partial charge in [0.15, 0.2) is 5.82 Å². The van der Waals surface area contributed by atoms with E-state index in [9.17, 15) is 4.79 Å². The lowest BCUT2D eigenvalue weighted by Gasteiger charge is -2.08. The molecular formula is C13H21N3O2. The zero-order valence-corrected chi connectivity index (χ0v) is 10.9. The highest BCUT2D eigenvalue weighted by atomic mass is 16.5. The Labute approximate surface area is 107 Å². The van der Waals surface area contributed by atoms with Gasteiger partial charge in [0.2, 0.25) is 11.8 Å². The van der Waals surface area contributed by atoms with Gasteiger partial charge < -0.3 is 9.84 Å². The fourth-order valence-corrected chi connectivity index (χ4v) is 2.48. The quantitative estimate of drug-likeness (QED) is 0.839. The second-order valence-electron chi connectivity index (χ2n) is 5.02. The summed E-state index contributed by atoms with van der Waals surface area (Å²) in [7, 11) is 0. The van der Waals surface area contributed by atoms with E-state index in [4.69, 9.17) is 4.52 Å². The molecule has 0 saturated heterocycles. The molecule has 0 bridgehead atoms. The van der Waals surface area contributed by atoms with Crippen molar-refractivity contribution < 1.29 is 9.32 Å². The second kappa shape index (κ2) is 6.52. The Morgan fingerprint density at radius 3 is 2.89 bits per heavy atom. The minimum absolute atomic E-state index is 0.141. The molecule has 0 atom stereocenters. The van der Waals surface area contributed by atoms with E-state index in [2.05, 4.69) is 15.5 Å². The van der Waals surface area contributed by atoms with Gasteiger partial charge >= 0.3 is 0 Å². The maximum Gasteiger partial charge on any atom is 0.223 e. The van der Waals surface area contributed by atoms with Crippen LogP contribution in [0.5, 0.6) is 0 Å². The minimum atomic E-state index is 0.141. The molecule has 0 aliphatic heterocycles. The molecule has 1 saturated carbocycles. The number of hydrogen-bond donors (Lipinski definition) is 1. The third-order valence-corrected chi connectivity index (χ3v) is 3.49. The Bertz CT molecular complexity index is 383. The number of carbonyl (C=O) groups excluding carboxylic acids is 1. The lowest BCUT2D eigenvalue weighted by molar-refractivity contribution is -0.121. The SMILES string of the molecule is Cc1nc(CCNC(=O)CCC2CCCC2)no1. The molecule has 0 unspecified atom stereocenters. The molecule has 1 aliphatic carbocycles. The third-order valence-electron chi connectivity index (χ3n) is 3.49. The fraction of sp³-hybridized carbons (Fsp3) is 0.769. The highest BCUT2D eigenvalue weighted by Gasteiger charge is 2.15. The maximum atomic E-state index is 11.6. The Balaban J connectivity index is 1.57. The van der Waals surface area contributed by atoms with E-state index in [0.717, 1.165) is 12.3 Å². The standard InChI is InChI=1S/C13H21N3O2/c1-10-15-12(16-18-10)8-9-14-13(17)7-6-11-4-2-3-5-11/h11H,2-9H2,1H3,(H,14,17). The summed E-state index contributed by atoms with van der Waals surface area (Å²) in [5.41, 5.74) is 0. The molecule has 0 aromatic carbocycles. The van der Waals surface area contributed by atoms with E-state index >= 15 is 0 Å². The van der Waals surface area contributed by atoms with Crippen molar-refractivity contribution in [2.45, 2.75) is 51.9 Å². The van der Waals surface area contributed by atoms with Crippen LogP contribution in [0.15, 0.2) is 4.52 Å². The zero-order chi connectivity index (χ0) is 12.8. The van der Waals surface area contributed by atoms with Crippen molar-refractivity contribution in [1.82, 2.24) is 15.5 Å². The van der Waals surface area contributed by atoms with Gasteiger partial charge in [-0.2, -0.15) is 4.98 Å². The van der Waals surface area contributed by atoms with Crippen LogP contribution >= 0.6 is 0 Å². The van der Waals surface area contributed by atoms with Crippen molar-refractivity contribution in [2.75, 3.05) is 6.54 Å². The van der Waals surface area contributed by atoms with Crippen molar-refractivity contribution in [2.24, 2.45) is 5.92 Å². The molecule has 1 aromatic rings. The molecule has 100 valence electrons. The average molecular weight is 251 g/mol. The van der Waals surface area contributed by atoms with Crippen molar-refractivity contribution in [1.29, 1.82) is 0 Å². The zero-order valence-electron chi connectivity index (χ0n) is 10.9. The van der Waals surface area contributed by atoms with Gasteiger partial charge in [-0.1, -0.05) is 30.8 Å². The molecule has 1 amide bonds. The lowest BCUT2D eigenvalue weighted by atomic mass is 10.0. The number of aromatic nitrogens is 2. The predicted octanol–water partition coefficient (Wildman–Crippen LogP) is 2.01. The summed E-state index contributed by atoms with van der Waals surface area (Å²) in [6.45, 7) is 2.35. The van der Waals surface area contributed by atoms with Crippen LogP contribution < -0.4 is 5.32 Å². The predicted molar refractivity (Wildman–Crippen MR) is 66.9 cm³/mol. The first-order valence-electron chi connectivity index (χ1n) is 6.80. The molecule has 1 fully saturated rings. The molecule has 0 spiro atoms. The van der Waals surface area contributed by atoms with E-state index < -0.39 is 0 Å². The van der Waals surface area contributed by atoms with Crippen LogP contribution in [0, 0.1) is 12.8 Å². The molecule has 1 aromatic heterocycles. The second-order valence-corrected chi connectivity index (χ2v) is 5.02. The Hall–Kier alpha value is -1.39. The smallest absolute Gasteiger partial charge is 0.223 e. The fourth-order valence-electron chi connectivity index (χ4n) is 2.48. The van der Waals surface area contributed by atoms with Gasteiger partial charge in [0.25, 0.3) is 0 Å². The highest BCUT2D eigenvalue weighted by molar-refractivity contribution is 5.75. The largest absolute Gasteiger partial charge is 0.356 e. The molecule has 1 heterocycles. The summed E-state index contributed by atoms with van der Waals surface area (Å²) in [5, 5.41) is 6.69. The summed E-state index contributed by atoms with van der Waals surface area (Å²) in [6, 6.07) is 0. The van der Waals surface area contributed by atoms with Gasteiger partial charge in [0, 0.05) is 26.3 Å². The molecule has 2 rings (SSSR count). The van der Waals surface area contributed by atoms with E-state index in [0.29, 0.717) is 31.1 Å². The average Bonchev–Trinajstić information content (AvgIpc) is 2.98. The van der Waals surface area contributed by atoms with Crippen LogP contribution in [0.25, 0.3) is 0 Å². The van der Waals surface area contributed by atoms with Gasteiger partial charge in [0.05, 0.1) is 0 Å². The van der Waals surface area contributed by atoms with E-state index in [-0.39, 0.29) is 5.91 Å². The van der Waals surface area contributed by atoms with E-state index in [1.165, 1.54) is 25.7 Å². The summed E-state index contributed by atoms with van der Waals surface area (Å²) in [5.74, 6) is 2.14. The van der Waals surface area contributed by atoms with E-state index in [1.54, 1.807) is 6.92 Å². The number of rotatable bonds is 6. The third kappa shape index (κ3) is 4.13. The highest BCUT2D eigenvalue weighted by Crippen LogP contribution is 2.28. The number of nitrogens with one attached hydrogen (secondary N) is 1.